The van der Waals surface area contributed by atoms with Gasteiger partial charge in [0.15, 0.2) is 0 Å². The van der Waals surface area contributed by atoms with Crippen molar-refractivity contribution >= 4 is 41.8 Å². The van der Waals surface area contributed by atoms with Crippen LogP contribution in [0.4, 0.5) is 5.69 Å². The first-order valence-corrected chi connectivity index (χ1v) is 15.8. The van der Waals surface area contributed by atoms with Crippen molar-refractivity contribution < 1.29 is 23.6 Å². The molecule has 3 aromatic carbocycles. The minimum Gasteiger partial charge on any atom is -0.427 e. The van der Waals surface area contributed by atoms with Crippen LogP contribution in [0.15, 0.2) is 83.5 Å². The summed E-state index contributed by atoms with van der Waals surface area (Å²) >= 11 is 6.11. The summed E-state index contributed by atoms with van der Waals surface area (Å²) < 4.78 is 20.6. The number of hydrogen-bond donors (Lipinski definition) is 3. The van der Waals surface area contributed by atoms with Crippen LogP contribution >= 0.6 is 19.2 Å². The molecule has 5 aromatic rings. The second-order valence-corrected chi connectivity index (χ2v) is 12.5. The van der Waals surface area contributed by atoms with Gasteiger partial charge in [0.05, 0.1) is 16.2 Å². The number of imidazole rings is 1. The van der Waals surface area contributed by atoms with Gasteiger partial charge in [-0.05, 0) is 55.2 Å². The molecule has 0 aliphatic carbocycles. The number of aryl methyl sites for hydroxylation is 1. The van der Waals surface area contributed by atoms with E-state index in [0.29, 0.717) is 46.6 Å². The molecule has 218 valence electrons. The number of oxazole rings is 1. The number of para-hydroxylation sites is 3. The van der Waals surface area contributed by atoms with E-state index >= 15 is 0 Å². The van der Waals surface area contributed by atoms with Crippen LogP contribution in [0.25, 0.3) is 28.3 Å². The van der Waals surface area contributed by atoms with Gasteiger partial charge in [0.25, 0.3) is 0 Å². The zero-order chi connectivity index (χ0) is 29.9. The van der Waals surface area contributed by atoms with Gasteiger partial charge >= 0.3 is 13.6 Å². The van der Waals surface area contributed by atoms with Crippen LogP contribution in [-0.4, -0.2) is 30.2 Å². The van der Waals surface area contributed by atoms with E-state index in [2.05, 4.69) is 10.3 Å². The van der Waals surface area contributed by atoms with Crippen LogP contribution in [0, 0.1) is 0 Å². The lowest BCUT2D eigenvalue weighted by Crippen LogP contribution is -2.27. The molecule has 11 heteroatoms. The number of fused-ring (bicyclic) bond motifs is 1. The summed E-state index contributed by atoms with van der Waals surface area (Å²) in [6, 6.07) is 22.2. The Bertz CT molecular complexity index is 1750. The summed E-state index contributed by atoms with van der Waals surface area (Å²) in [5, 5.41) is 2.12. The molecule has 3 N–H and O–H groups in total. The standard InChI is InChI=1S/C31H32ClN4O5P/c1-3-31(4-2,42(38,39)40)23-10-5-6-11-24(23)34-28(37)15-9-14-27-29(21-16-18-22(32)19-17-21)35-30(41-27)36-20-33-25-12-7-8-13-26(25)36/h5-8,10-13,16-20H,3-4,9,14-15H2,1-2H3,(H,34,37)(H2,38,39,40). The molecular formula is C31H32ClN4O5P. The van der Waals surface area contributed by atoms with Crippen molar-refractivity contribution in [1.82, 2.24) is 14.5 Å². The third-order valence-corrected chi connectivity index (χ3v) is 9.94. The Morgan fingerprint density at radius 2 is 1.71 bits per heavy atom. The number of anilines is 1. The minimum absolute atomic E-state index is 0.166. The van der Waals surface area contributed by atoms with Gasteiger partial charge in [-0.3, -0.25) is 13.9 Å². The molecule has 0 bridgehead atoms. The Morgan fingerprint density at radius 3 is 2.43 bits per heavy atom. The number of halogens is 1. The molecule has 0 saturated carbocycles. The highest BCUT2D eigenvalue weighted by Crippen LogP contribution is 2.62. The lowest BCUT2D eigenvalue weighted by atomic mass is 9.91. The molecular weight excluding hydrogens is 575 g/mol. The highest BCUT2D eigenvalue weighted by atomic mass is 35.5. The number of amides is 1. The summed E-state index contributed by atoms with van der Waals surface area (Å²) in [5.74, 6) is 0.360. The molecule has 0 fully saturated rings. The molecule has 0 saturated heterocycles. The van der Waals surface area contributed by atoms with E-state index in [4.69, 9.17) is 21.0 Å². The van der Waals surface area contributed by atoms with Crippen LogP contribution in [0.1, 0.15) is 50.9 Å². The number of benzene rings is 3. The maximum atomic E-state index is 13.1. The third-order valence-electron chi connectivity index (χ3n) is 7.70. The number of nitrogens with zero attached hydrogens (tertiary/aromatic N) is 3. The second kappa shape index (κ2) is 12.2. The van der Waals surface area contributed by atoms with Crippen LogP contribution in [-0.2, 0) is 20.9 Å². The van der Waals surface area contributed by atoms with E-state index in [1.807, 2.05) is 36.4 Å². The molecule has 5 rings (SSSR count). The Kier molecular flexibility index (Phi) is 8.66. The van der Waals surface area contributed by atoms with Crippen molar-refractivity contribution in [3.05, 3.63) is 95.5 Å². The highest BCUT2D eigenvalue weighted by Gasteiger charge is 2.46. The van der Waals surface area contributed by atoms with Gasteiger partial charge in [0, 0.05) is 29.1 Å². The van der Waals surface area contributed by atoms with E-state index in [1.165, 1.54) is 0 Å². The summed E-state index contributed by atoms with van der Waals surface area (Å²) in [7, 11) is -4.52. The molecule has 0 spiro atoms. The van der Waals surface area contributed by atoms with E-state index < -0.39 is 12.8 Å². The van der Waals surface area contributed by atoms with Crippen molar-refractivity contribution in [1.29, 1.82) is 0 Å². The highest BCUT2D eigenvalue weighted by molar-refractivity contribution is 7.53. The van der Waals surface area contributed by atoms with Crippen molar-refractivity contribution in [3.8, 4) is 17.3 Å². The number of aromatic nitrogens is 3. The van der Waals surface area contributed by atoms with E-state index in [9.17, 15) is 19.1 Å². The molecule has 42 heavy (non-hydrogen) atoms. The van der Waals surface area contributed by atoms with Crippen LogP contribution in [0.5, 0.6) is 0 Å². The molecule has 0 aliphatic heterocycles. The summed E-state index contributed by atoms with van der Waals surface area (Å²) in [5.41, 5.74) is 4.01. The molecule has 0 atom stereocenters. The van der Waals surface area contributed by atoms with Gasteiger partial charge in [-0.15, -0.1) is 0 Å². The first-order chi connectivity index (χ1) is 20.2. The van der Waals surface area contributed by atoms with Gasteiger partial charge in [-0.2, -0.15) is 4.98 Å². The molecule has 0 radical (unpaired) electrons. The molecule has 0 unspecified atom stereocenters. The Labute approximate surface area is 248 Å². The predicted octanol–water partition coefficient (Wildman–Crippen LogP) is 7.49. The number of carbonyl (C=O) groups is 1. The van der Waals surface area contributed by atoms with Crippen LogP contribution < -0.4 is 5.32 Å². The van der Waals surface area contributed by atoms with E-state index in [-0.39, 0.29) is 25.2 Å². The fourth-order valence-electron chi connectivity index (χ4n) is 5.38. The van der Waals surface area contributed by atoms with Crippen LogP contribution in [0.2, 0.25) is 5.02 Å². The van der Waals surface area contributed by atoms with E-state index in [0.717, 1.165) is 16.6 Å². The average molecular weight is 607 g/mol. The molecule has 0 aliphatic rings. The number of nitrogens with one attached hydrogen (secondary N) is 1. The van der Waals surface area contributed by atoms with Gasteiger partial charge in [-0.25, -0.2) is 4.98 Å². The fourth-order valence-corrected chi connectivity index (χ4v) is 6.84. The van der Waals surface area contributed by atoms with Crippen molar-refractivity contribution in [2.75, 3.05) is 5.32 Å². The summed E-state index contributed by atoms with van der Waals surface area (Å²) in [6.45, 7) is 3.50. The smallest absolute Gasteiger partial charge is 0.336 e. The summed E-state index contributed by atoms with van der Waals surface area (Å²) in [4.78, 5) is 42.8. The predicted molar refractivity (Wildman–Crippen MR) is 164 cm³/mol. The van der Waals surface area contributed by atoms with E-state index in [1.54, 1.807) is 61.1 Å². The van der Waals surface area contributed by atoms with Gasteiger partial charge in [-0.1, -0.05) is 67.9 Å². The third kappa shape index (κ3) is 5.78. The second-order valence-electron chi connectivity index (χ2n) is 10.1. The average Bonchev–Trinajstić information content (AvgIpc) is 3.59. The molecule has 1 amide bonds. The maximum Gasteiger partial charge on any atom is 0.336 e. The fraction of sp³-hybridized carbons (Fsp3) is 0.258. The lowest BCUT2D eigenvalue weighted by molar-refractivity contribution is -0.116. The minimum atomic E-state index is -4.52. The Balaban J connectivity index is 1.36. The van der Waals surface area contributed by atoms with Crippen molar-refractivity contribution in [2.45, 2.75) is 51.1 Å². The van der Waals surface area contributed by atoms with Crippen molar-refractivity contribution in [3.63, 3.8) is 0 Å². The van der Waals surface area contributed by atoms with Gasteiger partial charge in [0.2, 0.25) is 5.91 Å². The Morgan fingerprint density at radius 1 is 1.02 bits per heavy atom. The molecule has 2 heterocycles. The first-order valence-electron chi connectivity index (χ1n) is 13.8. The van der Waals surface area contributed by atoms with Gasteiger partial charge in [0.1, 0.15) is 17.8 Å². The quantitative estimate of drug-likeness (QED) is 0.133. The monoisotopic (exact) mass is 606 g/mol. The lowest BCUT2D eigenvalue weighted by Gasteiger charge is -2.34. The first kappa shape index (κ1) is 29.7. The maximum absolute atomic E-state index is 13.1. The Hall–Kier alpha value is -3.75. The number of rotatable bonds is 11. The number of hydrogen-bond acceptors (Lipinski definition) is 5. The normalized spacial score (nSPS) is 12.1. The number of carbonyl (C=O) groups excluding carboxylic acids is 1. The summed E-state index contributed by atoms with van der Waals surface area (Å²) in [6.07, 6.45) is 3.19. The van der Waals surface area contributed by atoms with Gasteiger partial charge < -0.3 is 19.5 Å². The topological polar surface area (TPSA) is 130 Å². The van der Waals surface area contributed by atoms with Crippen molar-refractivity contribution in [2.24, 2.45) is 0 Å². The molecule has 2 aromatic heterocycles. The zero-order valence-electron chi connectivity index (χ0n) is 23.3. The zero-order valence-corrected chi connectivity index (χ0v) is 25.0. The molecule has 9 nitrogen and oxygen atoms in total. The van der Waals surface area contributed by atoms with Crippen LogP contribution in [0.3, 0.4) is 0 Å². The largest absolute Gasteiger partial charge is 0.427 e. The SMILES string of the molecule is CCC(CC)(c1ccccc1NC(=O)CCCc1oc(-n2cnc3ccccc32)nc1-c1ccc(Cl)cc1)P(=O)(O)O.